The van der Waals surface area contributed by atoms with Crippen LogP contribution in [-0.2, 0) is 0 Å². The van der Waals surface area contributed by atoms with Crippen LogP contribution in [-0.4, -0.2) is 55.3 Å². The summed E-state index contributed by atoms with van der Waals surface area (Å²) < 4.78 is 26.2. The van der Waals surface area contributed by atoms with Gasteiger partial charge < -0.3 is 15.3 Å². The molecule has 0 aromatic heterocycles. The highest BCUT2D eigenvalue weighted by Gasteiger charge is 2.43. The molecule has 1 aliphatic rings. The minimum Gasteiger partial charge on any atom is -0.395 e. The summed E-state index contributed by atoms with van der Waals surface area (Å²) in [6.07, 6.45) is 0.380. The summed E-state index contributed by atoms with van der Waals surface area (Å²) in [7, 11) is 1.82. The van der Waals surface area contributed by atoms with Crippen LogP contribution in [0.15, 0.2) is 0 Å². The Morgan fingerprint density at radius 3 is 2.71 bits per heavy atom. The van der Waals surface area contributed by atoms with Crippen molar-refractivity contribution >= 4 is 0 Å². The van der Waals surface area contributed by atoms with E-state index in [1.54, 1.807) is 0 Å². The number of likely N-dealkylation sites (N-methyl/N-ethyl adjacent to an activating group) is 1. The van der Waals surface area contributed by atoms with Gasteiger partial charge in [0.25, 0.3) is 5.92 Å². The number of aliphatic hydroxyl groups is 1. The lowest BCUT2D eigenvalue weighted by Crippen LogP contribution is -2.38. The van der Waals surface area contributed by atoms with E-state index in [1.165, 1.54) is 0 Å². The summed E-state index contributed by atoms with van der Waals surface area (Å²) in [6, 6.07) is -0.691. The summed E-state index contributed by atoms with van der Waals surface area (Å²) in [5, 5.41) is 11.4. The van der Waals surface area contributed by atoms with Gasteiger partial charge in [0.1, 0.15) is 0 Å². The van der Waals surface area contributed by atoms with Gasteiger partial charge in [-0.2, -0.15) is 0 Å². The minimum atomic E-state index is -2.56. The Balaban J connectivity index is 2.24. The fourth-order valence-electron chi connectivity index (χ4n) is 1.68. The van der Waals surface area contributed by atoms with Gasteiger partial charge in [0.15, 0.2) is 0 Å². The lowest BCUT2D eigenvalue weighted by molar-refractivity contribution is -0.0152. The highest BCUT2D eigenvalue weighted by molar-refractivity contribution is 4.90. The van der Waals surface area contributed by atoms with Crippen molar-refractivity contribution in [3.05, 3.63) is 0 Å². The molecular weight excluding hydrogens is 190 g/mol. The Labute approximate surface area is 83.1 Å². The van der Waals surface area contributed by atoms with Crippen LogP contribution in [0.2, 0.25) is 0 Å². The number of nitrogens with zero attached hydrogens (tertiary/aromatic N) is 1. The van der Waals surface area contributed by atoms with Crippen molar-refractivity contribution in [3.63, 3.8) is 0 Å². The van der Waals surface area contributed by atoms with Crippen LogP contribution in [0.3, 0.4) is 0 Å². The topological polar surface area (TPSA) is 35.5 Å². The van der Waals surface area contributed by atoms with Crippen LogP contribution in [0, 0.1) is 0 Å². The van der Waals surface area contributed by atoms with Gasteiger partial charge in [-0.25, -0.2) is 8.78 Å². The first kappa shape index (κ1) is 11.8. The first-order chi connectivity index (χ1) is 6.56. The molecule has 0 radical (unpaired) electrons. The van der Waals surface area contributed by atoms with Gasteiger partial charge in [-0.15, -0.1) is 0 Å². The van der Waals surface area contributed by atoms with E-state index in [-0.39, 0.29) is 13.0 Å². The molecule has 1 heterocycles. The highest BCUT2D eigenvalue weighted by Crippen LogP contribution is 2.29. The number of rotatable bonds is 5. The van der Waals surface area contributed by atoms with E-state index in [1.807, 2.05) is 11.9 Å². The largest absolute Gasteiger partial charge is 0.395 e. The van der Waals surface area contributed by atoms with Crippen molar-refractivity contribution < 1.29 is 13.9 Å². The SMILES string of the molecule is CN(CCO)CCC1NCCC1(F)F. The Morgan fingerprint density at radius 2 is 2.21 bits per heavy atom. The molecule has 84 valence electrons. The van der Waals surface area contributed by atoms with E-state index in [2.05, 4.69) is 5.32 Å². The molecule has 0 spiro atoms. The van der Waals surface area contributed by atoms with Crippen molar-refractivity contribution in [2.45, 2.75) is 24.8 Å². The normalized spacial score (nSPS) is 25.9. The van der Waals surface area contributed by atoms with Crippen LogP contribution >= 0.6 is 0 Å². The van der Waals surface area contributed by atoms with E-state index in [0.29, 0.717) is 26.1 Å². The minimum absolute atomic E-state index is 0.0542. The van der Waals surface area contributed by atoms with Gasteiger partial charge in [-0.3, -0.25) is 0 Å². The van der Waals surface area contributed by atoms with Gasteiger partial charge in [-0.1, -0.05) is 0 Å². The molecule has 1 unspecified atom stereocenters. The van der Waals surface area contributed by atoms with Crippen molar-refractivity contribution in [3.8, 4) is 0 Å². The maximum atomic E-state index is 13.1. The van der Waals surface area contributed by atoms with E-state index < -0.39 is 12.0 Å². The molecule has 0 aromatic rings. The maximum absolute atomic E-state index is 13.1. The van der Waals surface area contributed by atoms with E-state index in [0.717, 1.165) is 0 Å². The Kier molecular flexibility index (Phi) is 4.22. The first-order valence-corrected chi connectivity index (χ1v) is 4.97. The second-order valence-electron chi connectivity index (χ2n) is 3.83. The lowest BCUT2D eigenvalue weighted by atomic mass is 10.1. The van der Waals surface area contributed by atoms with Crippen molar-refractivity contribution in [2.75, 3.05) is 33.3 Å². The summed E-state index contributed by atoms with van der Waals surface area (Å²) in [5.41, 5.74) is 0. The quantitative estimate of drug-likeness (QED) is 0.682. The predicted octanol–water partition coefficient (Wildman–Crippen LogP) is 0.298. The smallest absolute Gasteiger partial charge is 0.264 e. The van der Waals surface area contributed by atoms with Gasteiger partial charge in [-0.05, 0) is 20.0 Å². The number of hydrogen-bond donors (Lipinski definition) is 2. The first-order valence-electron chi connectivity index (χ1n) is 4.97. The molecule has 1 atom stereocenters. The third-order valence-electron chi connectivity index (χ3n) is 2.64. The number of hydrogen-bond acceptors (Lipinski definition) is 3. The Hall–Kier alpha value is -0.260. The molecule has 1 saturated heterocycles. The number of halogens is 2. The molecule has 0 amide bonds. The molecule has 1 aliphatic heterocycles. The molecule has 2 N–H and O–H groups in total. The van der Waals surface area contributed by atoms with Crippen molar-refractivity contribution in [1.82, 2.24) is 10.2 Å². The highest BCUT2D eigenvalue weighted by atomic mass is 19.3. The molecule has 0 bridgehead atoms. The molecular formula is C9H18F2N2O. The number of alkyl halides is 2. The van der Waals surface area contributed by atoms with Gasteiger partial charge in [0, 0.05) is 19.5 Å². The number of aliphatic hydroxyl groups excluding tert-OH is 1. The molecule has 14 heavy (non-hydrogen) atoms. The van der Waals surface area contributed by atoms with E-state index >= 15 is 0 Å². The molecule has 3 nitrogen and oxygen atoms in total. The lowest BCUT2D eigenvalue weighted by Gasteiger charge is -2.22. The Bertz CT molecular complexity index is 178. The van der Waals surface area contributed by atoms with Gasteiger partial charge in [0.05, 0.1) is 12.6 Å². The molecule has 0 aromatic carbocycles. The fraction of sp³-hybridized carbons (Fsp3) is 1.00. The van der Waals surface area contributed by atoms with Gasteiger partial charge in [0.2, 0.25) is 0 Å². The predicted molar refractivity (Wildman–Crippen MR) is 50.6 cm³/mol. The summed E-state index contributed by atoms with van der Waals surface area (Å²) in [5.74, 6) is -2.56. The monoisotopic (exact) mass is 208 g/mol. The van der Waals surface area contributed by atoms with Crippen molar-refractivity contribution in [2.24, 2.45) is 0 Å². The van der Waals surface area contributed by atoms with Gasteiger partial charge >= 0.3 is 0 Å². The van der Waals surface area contributed by atoms with E-state index in [9.17, 15) is 8.78 Å². The third-order valence-corrected chi connectivity index (χ3v) is 2.64. The van der Waals surface area contributed by atoms with Crippen LogP contribution < -0.4 is 5.32 Å². The summed E-state index contributed by atoms with van der Waals surface area (Å²) in [6.45, 7) is 1.61. The van der Waals surface area contributed by atoms with Crippen LogP contribution in [0.25, 0.3) is 0 Å². The molecule has 1 rings (SSSR count). The zero-order valence-corrected chi connectivity index (χ0v) is 8.47. The zero-order valence-electron chi connectivity index (χ0n) is 8.47. The zero-order chi connectivity index (χ0) is 10.6. The van der Waals surface area contributed by atoms with E-state index in [4.69, 9.17) is 5.11 Å². The number of nitrogens with one attached hydrogen (secondary N) is 1. The maximum Gasteiger partial charge on any atom is 0.264 e. The summed E-state index contributed by atoms with van der Waals surface area (Å²) >= 11 is 0. The van der Waals surface area contributed by atoms with Crippen LogP contribution in [0.5, 0.6) is 0 Å². The molecule has 0 saturated carbocycles. The fourth-order valence-corrected chi connectivity index (χ4v) is 1.68. The van der Waals surface area contributed by atoms with Crippen LogP contribution in [0.1, 0.15) is 12.8 Å². The second-order valence-corrected chi connectivity index (χ2v) is 3.83. The average molecular weight is 208 g/mol. The molecule has 0 aliphatic carbocycles. The standard InChI is InChI=1S/C9H18F2N2O/c1-13(6-7-14)5-2-8-9(10,11)3-4-12-8/h8,12,14H,2-7H2,1H3. The van der Waals surface area contributed by atoms with Crippen LogP contribution in [0.4, 0.5) is 8.78 Å². The summed E-state index contributed by atoms with van der Waals surface area (Å²) in [4.78, 5) is 1.86. The second kappa shape index (κ2) is 5.00. The van der Waals surface area contributed by atoms with Crippen molar-refractivity contribution in [1.29, 1.82) is 0 Å². The average Bonchev–Trinajstić information content (AvgIpc) is 2.42. The third kappa shape index (κ3) is 3.15. The molecule has 5 heteroatoms. The molecule has 1 fully saturated rings. The Morgan fingerprint density at radius 1 is 1.50 bits per heavy atom.